The van der Waals surface area contributed by atoms with Gasteiger partial charge in [-0.25, -0.2) is 4.39 Å². The fourth-order valence-electron chi connectivity index (χ4n) is 2.73. The van der Waals surface area contributed by atoms with Gasteiger partial charge in [-0.1, -0.05) is 40.2 Å². The third kappa shape index (κ3) is 3.28. The number of hydrogen-bond donors (Lipinski definition) is 1. The second-order valence-corrected chi connectivity index (χ2v) is 6.21. The molecule has 2 aromatic carbocycles. The molecule has 1 atom stereocenters. The van der Waals surface area contributed by atoms with E-state index < -0.39 is 0 Å². The Kier molecular flexibility index (Phi) is 4.39. The lowest BCUT2D eigenvalue weighted by molar-refractivity contribution is -0.117. The van der Waals surface area contributed by atoms with Crippen molar-refractivity contribution in [2.75, 3.05) is 0 Å². The van der Waals surface area contributed by atoms with Gasteiger partial charge in [0.1, 0.15) is 5.82 Å². The number of aryl methyl sites for hydroxylation is 1. The van der Waals surface area contributed by atoms with Gasteiger partial charge >= 0.3 is 0 Å². The molecule has 3 rings (SSSR count). The SMILES string of the molecule is O=C(/C=C/c1cc(Br)ccc1F)NC1CCc2ccccc21. The van der Waals surface area contributed by atoms with Gasteiger partial charge in [0, 0.05) is 16.1 Å². The first-order valence-corrected chi connectivity index (χ1v) is 7.94. The van der Waals surface area contributed by atoms with E-state index in [0.717, 1.165) is 17.3 Å². The molecule has 1 unspecified atom stereocenters. The number of rotatable bonds is 3. The molecule has 0 radical (unpaired) electrons. The van der Waals surface area contributed by atoms with Crippen LogP contribution in [0.5, 0.6) is 0 Å². The van der Waals surface area contributed by atoms with Crippen LogP contribution in [0.1, 0.15) is 29.2 Å². The quantitative estimate of drug-likeness (QED) is 0.808. The Balaban J connectivity index is 1.69. The van der Waals surface area contributed by atoms with Gasteiger partial charge in [0.05, 0.1) is 6.04 Å². The number of halogens is 2. The van der Waals surface area contributed by atoms with Crippen LogP contribution in [0.3, 0.4) is 0 Å². The largest absolute Gasteiger partial charge is 0.346 e. The van der Waals surface area contributed by atoms with Gasteiger partial charge in [0.2, 0.25) is 5.91 Å². The second kappa shape index (κ2) is 6.44. The minimum absolute atomic E-state index is 0.0423. The molecule has 112 valence electrons. The van der Waals surface area contributed by atoms with Crippen LogP contribution in [0.25, 0.3) is 6.08 Å². The molecular weight excluding hydrogens is 345 g/mol. The van der Waals surface area contributed by atoms with E-state index in [2.05, 4.69) is 27.3 Å². The van der Waals surface area contributed by atoms with Crippen LogP contribution in [0.2, 0.25) is 0 Å². The Morgan fingerprint density at radius 2 is 2.09 bits per heavy atom. The van der Waals surface area contributed by atoms with E-state index in [1.807, 2.05) is 18.2 Å². The van der Waals surface area contributed by atoms with Crippen molar-refractivity contribution in [2.45, 2.75) is 18.9 Å². The van der Waals surface area contributed by atoms with Crippen molar-refractivity contribution in [3.05, 3.63) is 75.5 Å². The topological polar surface area (TPSA) is 29.1 Å². The van der Waals surface area contributed by atoms with Crippen molar-refractivity contribution < 1.29 is 9.18 Å². The van der Waals surface area contributed by atoms with Gasteiger partial charge in [-0.15, -0.1) is 0 Å². The van der Waals surface area contributed by atoms with Crippen LogP contribution in [0, 0.1) is 5.82 Å². The molecule has 1 amide bonds. The highest BCUT2D eigenvalue weighted by atomic mass is 79.9. The third-order valence-electron chi connectivity index (χ3n) is 3.82. The van der Waals surface area contributed by atoms with E-state index in [1.165, 1.54) is 29.3 Å². The number of fused-ring (bicyclic) bond motifs is 1. The van der Waals surface area contributed by atoms with Crippen LogP contribution < -0.4 is 5.32 Å². The second-order valence-electron chi connectivity index (χ2n) is 5.30. The maximum Gasteiger partial charge on any atom is 0.244 e. The van der Waals surface area contributed by atoms with Gasteiger partial charge in [-0.05, 0) is 48.2 Å². The summed E-state index contributed by atoms with van der Waals surface area (Å²) in [4.78, 5) is 12.0. The first-order chi connectivity index (χ1) is 10.6. The lowest BCUT2D eigenvalue weighted by Crippen LogP contribution is -2.25. The number of hydrogen-bond acceptors (Lipinski definition) is 1. The molecule has 0 spiro atoms. The fraction of sp³-hybridized carbons (Fsp3) is 0.167. The molecule has 0 fully saturated rings. The molecule has 22 heavy (non-hydrogen) atoms. The van der Waals surface area contributed by atoms with E-state index in [-0.39, 0.29) is 17.8 Å². The molecule has 2 aromatic rings. The Labute approximate surface area is 137 Å². The molecule has 0 aliphatic heterocycles. The Morgan fingerprint density at radius 3 is 2.95 bits per heavy atom. The molecule has 0 saturated heterocycles. The molecule has 0 saturated carbocycles. The number of carbonyl (C=O) groups excluding carboxylic acids is 1. The summed E-state index contributed by atoms with van der Waals surface area (Å²) in [6.45, 7) is 0. The summed E-state index contributed by atoms with van der Waals surface area (Å²) < 4.78 is 14.4. The Bertz CT molecular complexity index is 742. The van der Waals surface area contributed by atoms with Gasteiger partial charge in [-0.3, -0.25) is 4.79 Å². The summed E-state index contributed by atoms with van der Waals surface area (Å²) in [5.41, 5.74) is 2.85. The molecular formula is C18H15BrFNO. The molecule has 4 heteroatoms. The summed E-state index contributed by atoms with van der Waals surface area (Å²) in [7, 11) is 0. The highest BCUT2D eigenvalue weighted by Gasteiger charge is 2.22. The average molecular weight is 360 g/mol. The van der Waals surface area contributed by atoms with E-state index in [1.54, 1.807) is 12.1 Å². The smallest absolute Gasteiger partial charge is 0.244 e. The van der Waals surface area contributed by atoms with Crippen molar-refractivity contribution in [1.29, 1.82) is 0 Å². The molecule has 0 aromatic heterocycles. The summed E-state index contributed by atoms with van der Waals surface area (Å²) in [5, 5.41) is 2.98. The highest BCUT2D eigenvalue weighted by Crippen LogP contribution is 2.30. The Hall–Kier alpha value is -1.94. The number of nitrogens with one attached hydrogen (secondary N) is 1. The zero-order chi connectivity index (χ0) is 15.5. The van der Waals surface area contributed by atoms with Crippen molar-refractivity contribution in [1.82, 2.24) is 5.32 Å². The van der Waals surface area contributed by atoms with E-state index in [4.69, 9.17) is 0 Å². The van der Waals surface area contributed by atoms with Crippen LogP contribution in [0.15, 0.2) is 53.0 Å². The normalized spacial score (nSPS) is 16.7. The fourth-order valence-corrected chi connectivity index (χ4v) is 3.11. The third-order valence-corrected chi connectivity index (χ3v) is 4.31. The molecule has 0 heterocycles. The van der Waals surface area contributed by atoms with E-state index in [9.17, 15) is 9.18 Å². The lowest BCUT2D eigenvalue weighted by atomic mass is 10.1. The standard InChI is InChI=1S/C18H15BrFNO/c19-14-7-8-16(20)13(11-14)6-10-18(22)21-17-9-5-12-3-1-2-4-15(12)17/h1-4,6-8,10-11,17H,5,9H2,(H,21,22)/b10-6+. The zero-order valence-electron chi connectivity index (χ0n) is 11.9. The molecule has 2 nitrogen and oxygen atoms in total. The van der Waals surface area contributed by atoms with E-state index >= 15 is 0 Å². The molecule has 0 bridgehead atoms. The summed E-state index contributed by atoms with van der Waals surface area (Å²) in [5.74, 6) is -0.556. The van der Waals surface area contributed by atoms with Crippen LogP contribution in [0.4, 0.5) is 4.39 Å². The van der Waals surface area contributed by atoms with Gasteiger partial charge in [-0.2, -0.15) is 0 Å². The van der Waals surface area contributed by atoms with Gasteiger partial charge < -0.3 is 5.32 Å². The monoisotopic (exact) mass is 359 g/mol. The molecule has 1 N–H and O–H groups in total. The zero-order valence-corrected chi connectivity index (χ0v) is 13.4. The molecule has 1 aliphatic rings. The minimum atomic E-state index is -0.349. The average Bonchev–Trinajstić information content (AvgIpc) is 2.91. The van der Waals surface area contributed by atoms with Crippen LogP contribution in [-0.2, 0) is 11.2 Å². The highest BCUT2D eigenvalue weighted by molar-refractivity contribution is 9.10. The first-order valence-electron chi connectivity index (χ1n) is 7.15. The van der Waals surface area contributed by atoms with Gasteiger partial charge in [0.15, 0.2) is 0 Å². The number of carbonyl (C=O) groups is 1. The summed E-state index contributed by atoms with van der Waals surface area (Å²) in [6, 6.07) is 12.8. The van der Waals surface area contributed by atoms with Crippen LogP contribution in [-0.4, -0.2) is 5.91 Å². The van der Waals surface area contributed by atoms with Crippen molar-refractivity contribution >= 4 is 27.9 Å². The van der Waals surface area contributed by atoms with Gasteiger partial charge in [0.25, 0.3) is 0 Å². The van der Waals surface area contributed by atoms with Crippen molar-refractivity contribution in [2.24, 2.45) is 0 Å². The predicted octanol–water partition coefficient (Wildman–Crippen LogP) is 4.41. The summed E-state index contributed by atoms with van der Waals surface area (Å²) in [6.07, 6.45) is 4.76. The minimum Gasteiger partial charge on any atom is -0.346 e. The van der Waals surface area contributed by atoms with Crippen LogP contribution >= 0.6 is 15.9 Å². The van der Waals surface area contributed by atoms with E-state index in [0.29, 0.717) is 5.56 Å². The first kappa shape index (κ1) is 15.0. The molecule has 1 aliphatic carbocycles. The maximum atomic E-state index is 13.6. The number of benzene rings is 2. The Morgan fingerprint density at radius 1 is 1.27 bits per heavy atom. The lowest BCUT2D eigenvalue weighted by Gasteiger charge is -2.12. The van der Waals surface area contributed by atoms with Crippen molar-refractivity contribution in [3.63, 3.8) is 0 Å². The van der Waals surface area contributed by atoms with Crippen molar-refractivity contribution in [3.8, 4) is 0 Å². The predicted molar refractivity (Wildman–Crippen MR) is 88.8 cm³/mol. The number of amides is 1. The summed E-state index contributed by atoms with van der Waals surface area (Å²) >= 11 is 3.29. The maximum absolute atomic E-state index is 13.6.